The van der Waals surface area contributed by atoms with Gasteiger partial charge in [0.15, 0.2) is 0 Å². The molecule has 1 fully saturated rings. The van der Waals surface area contributed by atoms with Gasteiger partial charge in [0.25, 0.3) is 5.91 Å². The molecule has 8 heteroatoms. The van der Waals surface area contributed by atoms with Crippen LogP contribution >= 0.6 is 0 Å². The molecule has 1 saturated heterocycles. The predicted octanol–water partition coefficient (Wildman–Crippen LogP) is -1.09. The summed E-state index contributed by atoms with van der Waals surface area (Å²) < 4.78 is 6.88. The van der Waals surface area contributed by atoms with Crippen LogP contribution in [0.5, 0.6) is 0 Å². The third-order valence-corrected chi connectivity index (χ3v) is 3.61. The van der Waals surface area contributed by atoms with Crippen LogP contribution < -0.4 is 10.6 Å². The highest BCUT2D eigenvalue weighted by atomic mass is 16.5. The van der Waals surface area contributed by atoms with Crippen molar-refractivity contribution in [3.05, 3.63) is 17.5 Å². The van der Waals surface area contributed by atoms with Crippen molar-refractivity contribution in [2.24, 2.45) is 7.05 Å². The van der Waals surface area contributed by atoms with E-state index in [-0.39, 0.29) is 18.4 Å². The van der Waals surface area contributed by atoms with Crippen LogP contribution in [0.3, 0.4) is 0 Å². The number of hydrogen-bond donors (Lipinski definition) is 2. The van der Waals surface area contributed by atoms with Crippen LogP contribution in [0.15, 0.2) is 6.07 Å². The van der Waals surface area contributed by atoms with Gasteiger partial charge in [-0.05, 0) is 13.0 Å². The van der Waals surface area contributed by atoms with Crippen LogP contribution in [0.4, 0.5) is 0 Å². The highest BCUT2D eigenvalue weighted by molar-refractivity contribution is 5.94. The number of morpholine rings is 1. The Hall–Kier alpha value is -1.93. The lowest BCUT2D eigenvalue weighted by Gasteiger charge is -2.26. The van der Waals surface area contributed by atoms with Crippen LogP contribution in [-0.2, 0) is 16.6 Å². The van der Waals surface area contributed by atoms with Gasteiger partial charge in [-0.15, -0.1) is 0 Å². The number of carbonyl (C=O) groups excluding carboxylic acids is 2. The maximum Gasteiger partial charge on any atom is 0.272 e. The highest BCUT2D eigenvalue weighted by Gasteiger charge is 2.13. The zero-order valence-corrected chi connectivity index (χ0v) is 13.1. The van der Waals surface area contributed by atoms with E-state index >= 15 is 0 Å². The predicted molar refractivity (Wildman–Crippen MR) is 80.5 cm³/mol. The first-order valence-electron chi connectivity index (χ1n) is 7.42. The maximum absolute atomic E-state index is 11.8. The number of carbonyl (C=O) groups is 2. The van der Waals surface area contributed by atoms with E-state index in [1.165, 1.54) is 0 Å². The largest absolute Gasteiger partial charge is 0.379 e. The van der Waals surface area contributed by atoms with E-state index in [2.05, 4.69) is 20.6 Å². The van der Waals surface area contributed by atoms with E-state index in [0.717, 1.165) is 38.5 Å². The number of nitrogens with zero attached hydrogens (tertiary/aromatic N) is 3. The van der Waals surface area contributed by atoms with Crippen molar-refractivity contribution in [2.45, 2.75) is 6.92 Å². The molecule has 2 rings (SSSR count). The standard InChI is InChI=1S/C14H23N5O3/c1-11-9-12(17-18(11)2)14(21)16-10-13(20)15-3-4-19-5-7-22-8-6-19/h9H,3-8,10H2,1-2H3,(H,15,20)(H,16,21). The van der Waals surface area contributed by atoms with Crippen molar-refractivity contribution in [1.82, 2.24) is 25.3 Å². The van der Waals surface area contributed by atoms with Gasteiger partial charge in [0, 0.05) is 38.9 Å². The fourth-order valence-corrected chi connectivity index (χ4v) is 2.16. The molecule has 0 spiro atoms. The minimum atomic E-state index is -0.341. The van der Waals surface area contributed by atoms with Gasteiger partial charge in [-0.25, -0.2) is 0 Å². The number of nitrogens with one attached hydrogen (secondary N) is 2. The number of hydrogen-bond acceptors (Lipinski definition) is 5. The fraction of sp³-hybridized carbons (Fsp3) is 0.643. The maximum atomic E-state index is 11.8. The van der Waals surface area contributed by atoms with Crippen LogP contribution in [0, 0.1) is 6.92 Å². The Morgan fingerprint density at radius 3 is 2.68 bits per heavy atom. The van der Waals surface area contributed by atoms with E-state index in [4.69, 9.17) is 4.74 Å². The van der Waals surface area contributed by atoms with Gasteiger partial charge in [0.05, 0.1) is 19.8 Å². The smallest absolute Gasteiger partial charge is 0.272 e. The van der Waals surface area contributed by atoms with E-state index in [1.807, 2.05) is 6.92 Å². The van der Waals surface area contributed by atoms with E-state index in [0.29, 0.717) is 12.2 Å². The first-order chi connectivity index (χ1) is 10.6. The van der Waals surface area contributed by atoms with Gasteiger partial charge in [0.1, 0.15) is 5.69 Å². The molecule has 1 aromatic rings. The van der Waals surface area contributed by atoms with Gasteiger partial charge in [0.2, 0.25) is 5.91 Å². The van der Waals surface area contributed by atoms with Crippen molar-refractivity contribution < 1.29 is 14.3 Å². The highest BCUT2D eigenvalue weighted by Crippen LogP contribution is 2.00. The van der Waals surface area contributed by atoms with E-state index < -0.39 is 0 Å². The Kier molecular flexibility index (Phi) is 5.91. The second-order valence-corrected chi connectivity index (χ2v) is 5.28. The summed E-state index contributed by atoms with van der Waals surface area (Å²) in [6, 6.07) is 1.69. The molecule has 1 aromatic heterocycles. The molecule has 0 aromatic carbocycles. The third-order valence-electron chi connectivity index (χ3n) is 3.61. The van der Waals surface area contributed by atoms with Crippen molar-refractivity contribution in [2.75, 3.05) is 45.9 Å². The molecule has 122 valence electrons. The van der Waals surface area contributed by atoms with Crippen molar-refractivity contribution >= 4 is 11.8 Å². The second kappa shape index (κ2) is 7.90. The average molecular weight is 309 g/mol. The number of aromatic nitrogens is 2. The lowest BCUT2D eigenvalue weighted by Crippen LogP contribution is -2.43. The molecule has 2 N–H and O–H groups in total. The summed E-state index contributed by atoms with van der Waals surface area (Å²) in [4.78, 5) is 25.8. The van der Waals surface area contributed by atoms with Crippen molar-refractivity contribution in [1.29, 1.82) is 0 Å². The molecular formula is C14H23N5O3. The Morgan fingerprint density at radius 1 is 1.32 bits per heavy atom. The van der Waals surface area contributed by atoms with Crippen LogP contribution in [-0.4, -0.2) is 72.4 Å². The molecule has 0 atom stereocenters. The third kappa shape index (κ3) is 4.81. The minimum absolute atomic E-state index is 0.0441. The zero-order chi connectivity index (χ0) is 15.9. The van der Waals surface area contributed by atoms with Crippen molar-refractivity contribution in [3.8, 4) is 0 Å². The Bertz CT molecular complexity index is 503. The minimum Gasteiger partial charge on any atom is -0.379 e. The molecule has 22 heavy (non-hydrogen) atoms. The molecule has 0 radical (unpaired) electrons. The van der Waals surface area contributed by atoms with E-state index in [1.54, 1.807) is 17.8 Å². The fourth-order valence-electron chi connectivity index (χ4n) is 2.16. The molecule has 0 saturated carbocycles. The molecule has 1 aliphatic rings. The van der Waals surface area contributed by atoms with Gasteiger partial charge >= 0.3 is 0 Å². The molecule has 2 heterocycles. The number of aryl methyl sites for hydroxylation is 2. The first kappa shape index (κ1) is 16.4. The second-order valence-electron chi connectivity index (χ2n) is 5.28. The van der Waals surface area contributed by atoms with Crippen LogP contribution in [0.1, 0.15) is 16.2 Å². The van der Waals surface area contributed by atoms with Crippen LogP contribution in [0.2, 0.25) is 0 Å². The van der Waals surface area contributed by atoms with Crippen LogP contribution in [0.25, 0.3) is 0 Å². The van der Waals surface area contributed by atoms with Gasteiger partial charge < -0.3 is 15.4 Å². The summed E-state index contributed by atoms with van der Waals surface area (Å²) >= 11 is 0. The van der Waals surface area contributed by atoms with Gasteiger partial charge in [-0.1, -0.05) is 0 Å². The number of rotatable bonds is 6. The SMILES string of the molecule is Cc1cc(C(=O)NCC(=O)NCCN2CCOCC2)nn1C. The topological polar surface area (TPSA) is 88.5 Å². The lowest BCUT2D eigenvalue weighted by molar-refractivity contribution is -0.120. The summed E-state index contributed by atoms with van der Waals surface area (Å²) in [6.45, 7) is 6.46. The normalized spacial score (nSPS) is 15.5. The summed E-state index contributed by atoms with van der Waals surface area (Å²) in [6.07, 6.45) is 0. The lowest BCUT2D eigenvalue weighted by atomic mass is 10.3. The Balaban J connectivity index is 1.63. The monoisotopic (exact) mass is 309 g/mol. The summed E-state index contributed by atoms with van der Waals surface area (Å²) in [7, 11) is 1.77. The molecular weight excluding hydrogens is 286 g/mol. The first-order valence-corrected chi connectivity index (χ1v) is 7.42. The van der Waals surface area contributed by atoms with E-state index in [9.17, 15) is 9.59 Å². The van der Waals surface area contributed by atoms with Gasteiger partial charge in [-0.2, -0.15) is 5.10 Å². The molecule has 0 aliphatic carbocycles. The number of ether oxygens (including phenoxy) is 1. The Labute approximate surface area is 129 Å². The van der Waals surface area contributed by atoms with Crippen molar-refractivity contribution in [3.63, 3.8) is 0 Å². The van der Waals surface area contributed by atoms with Gasteiger partial charge in [-0.3, -0.25) is 19.2 Å². The molecule has 1 aliphatic heterocycles. The quantitative estimate of drug-likeness (QED) is 0.697. The molecule has 0 bridgehead atoms. The molecule has 2 amide bonds. The summed E-state index contributed by atoms with van der Waals surface area (Å²) in [5, 5.41) is 9.42. The number of amides is 2. The average Bonchev–Trinajstić information content (AvgIpc) is 2.85. The zero-order valence-electron chi connectivity index (χ0n) is 13.1. The summed E-state index contributed by atoms with van der Waals surface area (Å²) in [5.74, 6) is -0.540. The Morgan fingerprint density at radius 2 is 2.05 bits per heavy atom. The molecule has 0 unspecified atom stereocenters. The molecule has 8 nitrogen and oxygen atoms in total. The summed E-state index contributed by atoms with van der Waals surface area (Å²) in [5.41, 5.74) is 1.21.